The number of aliphatic hydroxyl groups excluding tert-OH is 1. The molecule has 0 radical (unpaired) electrons. The van der Waals surface area contributed by atoms with Gasteiger partial charge in [0.05, 0.1) is 14.2 Å². The third kappa shape index (κ3) is 3.46. The van der Waals surface area contributed by atoms with Gasteiger partial charge in [0.15, 0.2) is 11.5 Å². The first-order valence-corrected chi connectivity index (χ1v) is 9.08. The highest BCUT2D eigenvalue weighted by Gasteiger charge is 2.24. The Labute approximate surface area is 159 Å². The lowest BCUT2D eigenvalue weighted by atomic mass is 9.98. The number of aliphatic hydroxyl groups is 1. The molecule has 142 valence electrons. The largest absolute Gasteiger partial charge is 0.493 e. The van der Waals surface area contributed by atoms with Crippen LogP contribution in [0.4, 0.5) is 5.69 Å². The van der Waals surface area contributed by atoms with Crippen LogP contribution >= 0.6 is 0 Å². The first kappa shape index (κ1) is 17.7. The summed E-state index contributed by atoms with van der Waals surface area (Å²) in [5.41, 5.74) is 3.59. The van der Waals surface area contributed by atoms with E-state index in [2.05, 4.69) is 16.3 Å². The van der Waals surface area contributed by atoms with Crippen LogP contribution in [0.2, 0.25) is 0 Å². The van der Waals surface area contributed by atoms with Gasteiger partial charge in [-0.2, -0.15) is 0 Å². The van der Waals surface area contributed by atoms with Crippen LogP contribution in [-0.4, -0.2) is 51.8 Å². The van der Waals surface area contributed by atoms with Crippen LogP contribution in [0.25, 0.3) is 11.6 Å². The first-order chi connectivity index (χ1) is 13.2. The molecule has 2 aliphatic heterocycles. The van der Waals surface area contributed by atoms with E-state index in [1.54, 1.807) is 14.2 Å². The van der Waals surface area contributed by atoms with Gasteiger partial charge in [0, 0.05) is 49.1 Å². The van der Waals surface area contributed by atoms with Crippen LogP contribution in [0.3, 0.4) is 0 Å². The van der Waals surface area contributed by atoms with E-state index in [0.717, 1.165) is 43.0 Å². The van der Waals surface area contributed by atoms with Gasteiger partial charge in [-0.25, -0.2) is 0 Å². The van der Waals surface area contributed by atoms with Gasteiger partial charge in [0.1, 0.15) is 5.75 Å². The molecule has 4 rings (SSSR count). The Bertz CT molecular complexity index is 859. The van der Waals surface area contributed by atoms with Gasteiger partial charge in [-0.05, 0) is 35.9 Å². The number of fused-ring (bicyclic) bond motifs is 1. The number of ether oxygens (including phenoxy) is 3. The zero-order valence-corrected chi connectivity index (χ0v) is 15.6. The van der Waals surface area contributed by atoms with E-state index in [0.29, 0.717) is 22.8 Å². The summed E-state index contributed by atoms with van der Waals surface area (Å²) < 4.78 is 16.5. The van der Waals surface area contributed by atoms with Crippen molar-refractivity contribution < 1.29 is 19.3 Å². The second-order valence-electron chi connectivity index (χ2n) is 6.60. The maximum Gasteiger partial charge on any atom is 0.224 e. The number of nitrogens with zero attached hydrogens (tertiary/aromatic N) is 1. The van der Waals surface area contributed by atoms with Gasteiger partial charge in [-0.1, -0.05) is 6.07 Å². The number of methoxy groups -OCH3 is 2. The molecule has 0 aromatic heterocycles. The molecule has 1 unspecified atom stereocenters. The number of benzene rings is 2. The molecule has 0 spiro atoms. The predicted octanol–water partition coefficient (Wildman–Crippen LogP) is 2.36. The summed E-state index contributed by atoms with van der Waals surface area (Å²) in [4.78, 5) is 2.32. The Balaban J connectivity index is 1.66. The minimum absolute atomic E-state index is 0.614. The van der Waals surface area contributed by atoms with Crippen molar-refractivity contribution in [2.75, 3.05) is 45.3 Å². The summed E-state index contributed by atoms with van der Waals surface area (Å²) in [6.45, 7) is 3.88. The molecule has 6 nitrogen and oxygen atoms in total. The van der Waals surface area contributed by atoms with E-state index in [9.17, 15) is 5.11 Å². The third-order valence-corrected chi connectivity index (χ3v) is 5.01. The van der Waals surface area contributed by atoms with Gasteiger partial charge < -0.3 is 29.5 Å². The van der Waals surface area contributed by atoms with Gasteiger partial charge >= 0.3 is 0 Å². The average Bonchev–Trinajstić information content (AvgIpc) is 2.73. The molecule has 2 aromatic rings. The van der Waals surface area contributed by atoms with Crippen molar-refractivity contribution in [1.82, 2.24) is 5.32 Å². The Kier molecular flexibility index (Phi) is 4.92. The molecular formula is C21H24N2O4. The van der Waals surface area contributed by atoms with Crippen LogP contribution in [0.5, 0.6) is 17.2 Å². The first-order valence-electron chi connectivity index (χ1n) is 9.08. The van der Waals surface area contributed by atoms with E-state index < -0.39 is 6.29 Å². The predicted molar refractivity (Wildman–Crippen MR) is 106 cm³/mol. The number of hydrogen-bond donors (Lipinski definition) is 2. The van der Waals surface area contributed by atoms with E-state index in [-0.39, 0.29) is 0 Å². The van der Waals surface area contributed by atoms with Crippen molar-refractivity contribution in [3.63, 3.8) is 0 Å². The van der Waals surface area contributed by atoms with Crippen molar-refractivity contribution in [3.8, 4) is 17.2 Å². The number of anilines is 1. The minimum atomic E-state index is -1.03. The normalized spacial score (nSPS) is 19.0. The lowest BCUT2D eigenvalue weighted by Crippen LogP contribution is -2.43. The zero-order valence-electron chi connectivity index (χ0n) is 15.6. The van der Waals surface area contributed by atoms with Crippen molar-refractivity contribution >= 4 is 17.3 Å². The topological polar surface area (TPSA) is 63.2 Å². The van der Waals surface area contributed by atoms with Crippen molar-refractivity contribution in [1.29, 1.82) is 0 Å². The highest BCUT2D eigenvalue weighted by Crippen LogP contribution is 2.38. The number of rotatable bonds is 4. The smallest absolute Gasteiger partial charge is 0.224 e. The van der Waals surface area contributed by atoms with Gasteiger partial charge in [-0.15, -0.1) is 0 Å². The molecule has 0 amide bonds. The summed E-state index contributed by atoms with van der Waals surface area (Å²) in [7, 11) is 3.19. The van der Waals surface area contributed by atoms with E-state index in [1.165, 1.54) is 0 Å². The fourth-order valence-corrected chi connectivity index (χ4v) is 3.53. The molecular weight excluding hydrogens is 344 g/mol. The molecule has 1 atom stereocenters. The molecule has 27 heavy (non-hydrogen) atoms. The summed E-state index contributed by atoms with van der Waals surface area (Å²) >= 11 is 0. The Hall–Kier alpha value is -2.70. The molecule has 2 heterocycles. The summed E-state index contributed by atoms with van der Waals surface area (Å²) in [6, 6.07) is 11.7. The molecule has 0 bridgehead atoms. The van der Waals surface area contributed by atoms with Crippen molar-refractivity contribution in [2.24, 2.45) is 0 Å². The van der Waals surface area contributed by atoms with Crippen LogP contribution in [-0.2, 0) is 0 Å². The monoisotopic (exact) mass is 368 g/mol. The summed E-state index contributed by atoms with van der Waals surface area (Å²) in [5.74, 6) is 1.96. The van der Waals surface area contributed by atoms with Crippen molar-refractivity contribution in [2.45, 2.75) is 6.29 Å². The lowest BCUT2D eigenvalue weighted by molar-refractivity contribution is 0.0320. The molecule has 2 N–H and O–H groups in total. The highest BCUT2D eigenvalue weighted by atomic mass is 16.6. The zero-order chi connectivity index (χ0) is 18.8. The minimum Gasteiger partial charge on any atom is -0.493 e. The quantitative estimate of drug-likeness (QED) is 0.864. The second kappa shape index (κ2) is 7.50. The maximum atomic E-state index is 10.6. The maximum absolute atomic E-state index is 10.6. The molecule has 0 aliphatic carbocycles. The molecule has 6 heteroatoms. The van der Waals surface area contributed by atoms with E-state index in [1.807, 2.05) is 36.4 Å². The van der Waals surface area contributed by atoms with E-state index in [4.69, 9.17) is 14.2 Å². The number of piperazine rings is 1. The molecule has 1 saturated heterocycles. The lowest BCUT2D eigenvalue weighted by Gasteiger charge is -2.31. The van der Waals surface area contributed by atoms with Crippen LogP contribution < -0.4 is 24.4 Å². The number of nitrogens with one attached hydrogen (secondary N) is 1. The third-order valence-electron chi connectivity index (χ3n) is 5.01. The fourth-order valence-electron chi connectivity index (χ4n) is 3.53. The van der Waals surface area contributed by atoms with Crippen LogP contribution in [0, 0.1) is 0 Å². The Morgan fingerprint density at radius 2 is 1.81 bits per heavy atom. The molecule has 2 aliphatic rings. The van der Waals surface area contributed by atoms with E-state index >= 15 is 0 Å². The fraction of sp³-hybridized carbons (Fsp3) is 0.333. The standard InChI is InChI=1S/C21H24N2O4/c1-25-18-6-4-14(12-20(18)26-2)17-11-15-3-5-16(13-19(15)27-21(17)24)23-9-7-22-8-10-23/h3-6,11-13,21-22,24H,7-10H2,1-2H3. The van der Waals surface area contributed by atoms with Crippen molar-refractivity contribution in [3.05, 3.63) is 47.5 Å². The molecule has 1 fully saturated rings. The second-order valence-corrected chi connectivity index (χ2v) is 6.60. The molecule has 2 aromatic carbocycles. The van der Waals surface area contributed by atoms with Gasteiger partial charge in [0.25, 0.3) is 0 Å². The Morgan fingerprint density at radius 3 is 2.56 bits per heavy atom. The summed E-state index contributed by atoms with van der Waals surface area (Å²) in [6.07, 6.45) is 0.931. The SMILES string of the molecule is COc1ccc(C2=Cc3ccc(N4CCNCC4)cc3OC2O)cc1OC. The Morgan fingerprint density at radius 1 is 1.04 bits per heavy atom. The summed E-state index contributed by atoms with van der Waals surface area (Å²) in [5, 5.41) is 13.9. The molecule has 0 saturated carbocycles. The van der Waals surface area contributed by atoms with Gasteiger partial charge in [0.2, 0.25) is 6.29 Å². The van der Waals surface area contributed by atoms with Crippen LogP contribution in [0.1, 0.15) is 11.1 Å². The van der Waals surface area contributed by atoms with Crippen LogP contribution in [0.15, 0.2) is 36.4 Å². The number of hydrogen-bond acceptors (Lipinski definition) is 6. The van der Waals surface area contributed by atoms with Gasteiger partial charge in [-0.3, -0.25) is 0 Å². The average molecular weight is 368 g/mol. The highest BCUT2D eigenvalue weighted by molar-refractivity contribution is 5.87.